The van der Waals surface area contributed by atoms with E-state index in [0.717, 1.165) is 18.4 Å². The first-order valence-electron chi connectivity index (χ1n) is 8.41. The summed E-state index contributed by atoms with van der Waals surface area (Å²) < 4.78 is 5.95. The van der Waals surface area contributed by atoms with Crippen LogP contribution in [0.25, 0.3) is 0 Å². The van der Waals surface area contributed by atoms with E-state index in [-0.39, 0.29) is 0 Å². The van der Waals surface area contributed by atoms with Crippen molar-refractivity contribution in [2.75, 3.05) is 19.7 Å². The third-order valence-electron chi connectivity index (χ3n) is 4.92. The fourth-order valence-electron chi connectivity index (χ4n) is 3.76. The van der Waals surface area contributed by atoms with E-state index < -0.39 is 0 Å². The lowest BCUT2D eigenvalue weighted by Gasteiger charge is -2.36. The molecule has 3 unspecified atom stereocenters. The van der Waals surface area contributed by atoms with Gasteiger partial charge in [0.15, 0.2) is 0 Å². The Balaban J connectivity index is 1.44. The Morgan fingerprint density at radius 1 is 1.29 bits per heavy atom. The molecule has 3 heteroatoms. The number of hydrogen-bond donors (Lipinski definition) is 1. The summed E-state index contributed by atoms with van der Waals surface area (Å²) in [5.41, 5.74) is 1.21. The standard InChI is InChI=1S/C18H28N2O/c1-14-6-3-4-8-18(14)21-13-15(2)19-16-9-11-20-10-5-7-17(20)12-16/h3-4,6,8,15-17,19H,5,7,9-13H2,1-2H3. The molecule has 116 valence electrons. The van der Waals surface area contributed by atoms with Crippen molar-refractivity contribution < 1.29 is 4.74 Å². The molecule has 0 spiro atoms. The molecule has 2 heterocycles. The van der Waals surface area contributed by atoms with Gasteiger partial charge in [0.05, 0.1) is 0 Å². The molecule has 0 aromatic heterocycles. The molecule has 2 aliphatic heterocycles. The Bertz CT molecular complexity index is 462. The number of nitrogens with one attached hydrogen (secondary N) is 1. The number of aryl methyl sites for hydroxylation is 1. The molecule has 2 aliphatic rings. The summed E-state index contributed by atoms with van der Waals surface area (Å²) in [6.07, 6.45) is 5.38. The van der Waals surface area contributed by atoms with Gasteiger partial charge in [0.25, 0.3) is 0 Å². The van der Waals surface area contributed by atoms with Gasteiger partial charge in [0.1, 0.15) is 12.4 Å². The molecule has 3 atom stereocenters. The molecule has 2 saturated heterocycles. The van der Waals surface area contributed by atoms with Gasteiger partial charge in [-0.25, -0.2) is 0 Å². The molecule has 21 heavy (non-hydrogen) atoms. The summed E-state index contributed by atoms with van der Waals surface area (Å²) in [5.74, 6) is 1.01. The van der Waals surface area contributed by atoms with Crippen LogP contribution in [0.2, 0.25) is 0 Å². The van der Waals surface area contributed by atoms with E-state index in [9.17, 15) is 0 Å². The highest BCUT2D eigenvalue weighted by Gasteiger charge is 2.31. The van der Waals surface area contributed by atoms with Crippen LogP contribution in [0.4, 0.5) is 0 Å². The quantitative estimate of drug-likeness (QED) is 0.901. The van der Waals surface area contributed by atoms with Crippen LogP contribution in [0.3, 0.4) is 0 Å². The van der Waals surface area contributed by atoms with Crippen molar-refractivity contribution in [2.45, 2.75) is 57.7 Å². The topological polar surface area (TPSA) is 24.5 Å². The highest BCUT2D eigenvalue weighted by atomic mass is 16.5. The summed E-state index contributed by atoms with van der Waals surface area (Å²) in [4.78, 5) is 2.67. The van der Waals surface area contributed by atoms with Crippen molar-refractivity contribution in [1.82, 2.24) is 10.2 Å². The molecule has 3 rings (SSSR count). The maximum Gasteiger partial charge on any atom is 0.122 e. The second kappa shape index (κ2) is 6.80. The Kier molecular flexibility index (Phi) is 4.81. The van der Waals surface area contributed by atoms with Gasteiger partial charge >= 0.3 is 0 Å². The lowest BCUT2D eigenvalue weighted by molar-refractivity contribution is 0.153. The fraction of sp³-hybridized carbons (Fsp3) is 0.667. The minimum absolute atomic E-state index is 0.405. The summed E-state index contributed by atoms with van der Waals surface area (Å²) >= 11 is 0. The molecule has 0 radical (unpaired) electrons. The number of rotatable bonds is 5. The Morgan fingerprint density at radius 3 is 3.00 bits per heavy atom. The molecule has 1 aromatic rings. The van der Waals surface area contributed by atoms with Crippen molar-refractivity contribution in [3.8, 4) is 5.75 Å². The molecule has 1 N–H and O–H groups in total. The van der Waals surface area contributed by atoms with Crippen LogP contribution in [0.5, 0.6) is 5.75 Å². The predicted octanol–water partition coefficient (Wildman–Crippen LogP) is 2.98. The lowest BCUT2D eigenvalue weighted by atomic mass is 9.97. The van der Waals surface area contributed by atoms with Gasteiger partial charge < -0.3 is 15.0 Å². The van der Waals surface area contributed by atoms with E-state index >= 15 is 0 Å². The molecular formula is C18H28N2O. The third kappa shape index (κ3) is 3.78. The van der Waals surface area contributed by atoms with Crippen LogP contribution in [0.1, 0.15) is 38.2 Å². The third-order valence-corrected chi connectivity index (χ3v) is 4.92. The maximum absolute atomic E-state index is 5.95. The number of hydrogen-bond acceptors (Lipinski definition) is 3. The molecule has 0 saturated carbocycles. The average Bonchev–Trinajstić information content (AvgIpc) is 2.94. The Morgan fingerprint density at radius 2 is 2.14 bits per heavy atom. The number of nitrogens with zero attached hydrogens (tertiary/aromatic N) is 1. The van der Waals surface area contributed by atoms with E-state index in [2.05, 4.69) is 42.3 Å². The SMILES string of the molecule is Cc1ccccc1OCC(C)NC1CCN2CCCC2C1. The van der Waals surface area contributed by atoms with Crippen LogP contribution in [0.15, 0.2) is 24.3 Å². The number of benzene rings is 1. The predicted molar refractivity (Wildman–Crippen MR) is 86.9 cm³/mol. The number of ether oxygens (including phenoxy) is 1. The molecule has 0 bridgehead atoms. The first kappa shape index (κ1) is 14.9. The zero-order valence-electron chi connectivity index (χ0n) is 13.3. The fourth-order valence-corrected chi connectivity index (χ4v) is 3.76. The summed E-state index contributed by atoms with van der Waals surface area (Å²) in [6, 6.07) is 10.2. The van der Waals surface area contributed by atoms with Crippen molar-refractivity contribution in [3.05, 3.63) is 29.8 Å². The summed E-state index contributed by atoms with van der Waals surface area (Å²) in [5, 5.41) is 3.77. The van der Waals surface area contributed by atoms with E-state index in [1.54, 1.807) is 0 Å². The van der Waals surface area contributed by atoms with Gasteiger partial charge in [-0.05, 0) is 64.3 Å². The van der Waals surface area contributed by atoms with E-state index in [4.69, 9.17) is 4.74 Å². The molecule has 0 aliphatic carbocycles. The molecular weight excluding hydrogens is 260 g/mol. The highest BCUT2D eigenvalue weighted by Crippen LogP contribution is 2.27. The van der Waals surface area contributed by atoms with Crippen LogP contribution < -0.4 is 10.1 Å². The number of piperidine rings is 1. The van der Waals surface area contributed by atoms with Gasteiger partial charge in [-0.1, -0.05) is 18.2 Å². The Labute approximate surface area is 128 Å². The smallest absolute Gasteiger partial charge is 0.122 e. The first-order chi connectivity index (χ1) is 10.2. The lowest BCUT2D eigenvalue weighted by Crippen LogP contribution is -2.49. The van der Waals surface area contributed by atoms with Crippen molar-refractivity contribution in [3.63, 3.8) is 0 Å². The van der Waals surface area contributed by atoms with Crippen molar-refractivity contribution in [2.24, 2.45) is 0 Å². The molecule has 0 amide bonds. The minimum atomic E-state index is 0.405. The first-order valence-corrected chi connectivity index (χ1v) is 8.41. The summed E-state index contributed by atoms with van der Waals surface area (Å²) in [7, 11) is 0. The van der Waals surface area contributed by atoms with Crippen LogP contribution in [0, 0.1) is 6.92 Å². The second-order valence-electron chi connectivity index (χ2n) is 6.70. The van der Waals surface area contributed by atoms with E-state index in [0.29, 0.717) is 12.1 Å². The maximum atomic E-state index is 5.95. The molecule has 3 nitrogen and oxygen atoms in total. The van der Waals surface area contributed by atoms with Gasteiger partial charge in [-0.2, -0.15) is 0 Å². The van der Waals surface area contributed by atoms with Crippen LogP contribution in [-0.4, -0.2) is 42.7 Å². The van der Waals surface area contributed by atoms with Gasteiger partial charge in [-0.3, -0.25) is 0 Å². The molecule has 1 aromatic carbocycles. The van der Waals surface area contributed by atoms with Crippen LogP contribution in [-0.2, 0) is 0 Å². The minimum Gasteiger partial charge on any atom is -0.492 e. The zero-order chi connectivity index (χ0) is 14.7. The monoisotopic (exact) mass is 288 g/mol. The van der Waals surface area contributed by atoms with E-state index in [1.165, 1.54) is 44.3 Å². The van der Waals surface area contributed by atoms with Crippen molar-refractivity contribution >= 4 is 0 Å². The molecule has 2 fully saturated rings. The van der Waals surface area contributed by atoms with E-state index in [1.807, 2.05) is 6.07 Å². The van der Waals surface area contributed by atoms with Gasteiger partial charge in [0.2, 0.25) is 0 Å². The zero-order valence-corrected chi connectivity index (χ0v) is 13.3. The van der Waals surface area contributed by atoms with Gasteiger partial charge in [0, 0.05) is 18.1 Å². The number of para-hydroxylation sites is 1. The highest BCUT2D eigenvalue weighted by molar-refractivity contribution is 5.31. The largest absolute Gasteiger partial charge is 0.492 e. The Hall–Kier alpha value is -1.06. The normalized spacial score (nSPS) is 27.3. The second-order valence-corrected chi connectivity index (χ2v) is 6.70. The van der Waals surface area contributed by atoms with Crippen molar-refractivity contribution in [1.29, 1.82) is 0 Å². The van der Waals surface area contributed by atoms with Crippen LogP contribution >= 0.6 is 0 Å². The summed E-state index contributed by atoms with van der Waals surface area (Å²) in [6.45, 7) is 7.68. The number of fused-ring (bicyclic) bond motifs is 1. The van der Waals surface area contributed by atoms with Gasteiger partial charge in [-0.15, -0.1) is 0 Å². The average molecular weight is 288 g/mol.